The number of hydrogen-bond acceptors (Lipinski definition) is 8. The number of aliphatic hydroxyl groups is 2. The van der Waals surface area contributed by atoms with E-state index in [-0.39, 0.29) is 48.1 Å². The van der Waals surface area contributed by atoms with E-state index in [1.54, 1.807) is 31.6 Å². The Hall–Kier alpha value is -3.67. The summed E-state index contributed by atoms with van der Waals surface area (Å²) in [7, 11) is 0. The summed E-state index contributed by atoms with van der Waals surface area (Å²) < 4.78 is 36.4. The second-order valence-corrected chi connectivity index (χ2v) is 9.96. The van der Waals surface area contributed by atoms with Gasteiger partial charge in [0.2, 0.25) is 5.95 Å². The maximum Gasteiger partial charge on any atom is 0.229 e. The molecule has 9 nitrogen and oxygen atoms in total. The fraction of sp³-hybridized carbons (Fsp3) is 0.370. The van der Waals surface area contributed by atoms with Crippen LogP contribution in [0, 0.1) is 17.6 Å². The molecule has 4 aromatic rings. The molecule has 0 radical (unpaired) electrons. The summed E-state index contributed by atoms with van der Waals surface area (Å²) in [5, 5.41) is 27.4. The number of halogens is 2. The van der Waals surface area contributed by atoms with Crippen LogP contribution in [-0.4, -0.2) is 54.7 Å². The second kappa shape index (κ2) is 10.2. The van der Waals surface area contributed by atoms with E-state index in [1.165, 1.54) is 10.6 Å². The van der Waals surface area contributed by atoms with Crippen molar-refractivity contribution in [3.05, 3.63) is 66.1 Å². The van der Waals surface area contributed by atoms with Gasteiger partial charge in [-0.05, 0) is 55.4 Å². The first-order valence-corrected chi connectivity index (χ1v) is 12.5. The average Bonchev–Trinajstić information content (AvgIpc) is 3.28. The molecule has 1 aliphatic carbocycles. The summed E-state index contributed by atoms with van der Waals surface area (Å²) in [6, 6.07) is 6.85. The van der Waals surface area contributed by atoms with Crippen LogP contribution in [0.15, 0.2) is 48.9 Å². The highest BCUT2D eigenvalue weighted by molar-refractivity contribution is 5.66. The number of nitrogens with two attached hydrogens (primary N) is 1. The smallest absolute Gasteiger partial charge is 0.229 e. The van der Waals surface area contributed by atoms with Crippen molar-refractivity contribution in [1.29, 1.82) is 0 Å². The third-order valence-electron chi connectivity index (χ3n) is 7.48. The zero-order valence-corrected chi connectivity index (χ0v) is 21.1. The molecule has 11 heteroatoms. The standard InChI is InChI=1S/C27H30F2N6O3/c1-15-9-16(10-24(30)27(15,2)37)19-5-6-31-14-23(19)33-26-32-13-17-3-4-22(34-35(17)26)25-20(28)11-18(12-21(25)29)38-8-7-36/h3-6,11-16,24,36-37H,7-10,30H2,1-2H3,(H,32,33). The summed E-state index contributed by atoms with van der Waals surface area (Å²) in [5.74, 6) is -1.26. The topological polar surface area (TPSA) is 131 Å². The fourth-order valence-electron chi connectivity index (χ4n) is 5.06. The van der Waals surface area contributed by atoms with E-state index in [4.69, 9.17) is 15.6 Å². The third-order valence-corrected chi connectivity index (χ3v) is 7.48. The highest BCUT2D eigenvalue weighted by Gasteiger charge is 2.42. The molecule has 4 unspecified atom stereocenters. The Kier molecular flexibility index (Phi) is 6.99. The summed E-state index contributed by atoms with van der Waals surface area (Å²) >= 11 is 0. The van der Waals surface area contributed by atoms with Crippen molar-refractivity contribution in [3.63, 3.8) is 0 Å². The molecule has 5 rings (SSSR count). The lowest BCUT2D eigenvalue weighted by atomic mass is 9.68. The van der Waals surface area contributed by atoms with Gasteiger partial charge in [-0.3, -0.25) is 4.98 Å². The summed E-state index contributed by atoms with van der Waals surface area (Å²) in [6.07, 6.45) is 6.36. The van der Waals surface area contributed by atoms with Gasteiger partial charge in [0.1, 0.15) is 24.0 Å². The summed E-state index contributed by atoms with van der Waals surface area (Å²) in [6.45, 7) is 3.43. The maximum absolute atomic E-state index is 14.9. The van der Waals surface area contributed by atoms with Crippen LogP contribution in [0.4, 0.5) is 20.4 Å². The summed E-state index contributed by atoms with van der Waals surface area (Å²) in [5.41, 5.74) is 7.47. The Labute approximate surface area is 218 Å². The highest BCUT2D eigenvalue weighted by Crippen LogP contribution is 2.43. The van der Waals surface area contributed by atoms with E-state index in [2.05, 4.69) is 20.4 Å². The number of hydrogen-bond donors (Lipinski definition) is 4. The number of aromatic nitrogens is 4. The molecular formula is C27H30F2N6O3. The van der Waals surface area contributed by atoms with Crippen molar-refractivity contribution in [2.24, 2.45) is 11.7 Å². The molecule has 0 saturated heterocycles. The lowest BCUT2D eigenvalue weighted by Gasteiger charge is -2.44. The van der Waals surface area contributed by atoms with Crippen LogP contribution < -0.4 is 15.8 Å². The first-order valence-electron chi connectivity index (χ1n) is 12.5. The minimum atomic E-state index is -0.940. The van der Waals surface area contributed by atoms with Crippen molar-refractivity contribution >= 4 is 17.2 Å². The van der Waals surface area contributed by atoms with E-state index in [0.717, 1.165) is 24.1 Å². The molecule has 200 valence electrons. The monoisotopic (exact) mass is 524 g/mol. The van der Waals surface area contributed by atoms with Crippen LogP contribution in [0.3, 0.4) is 0 Å². The number of anilines is 2. The minimum Gasteiger partial charge on any atom is -0.491 e. The van der Waals surface area contributed by atoms with E-state index in [9.17, 15) is 13.9 Å². The van der Waals surface area contributed by atoms with Crippen LogP contribution in [0.2, 0.25) is 0 Å². The normalized spacial score (nSPS) is 23.5. The van der Waals surface area contributed by atoms with Gasteiger partial charge in [0, 0.05) is 24.4 Å². The number of rotatable bonds is 7. The highest BCUT2D eigenvalue weighted by atomic mass is 19.1. The number of imidazole rings is 1. The van der Waals surface area contributed by atoms with Gasteiger partial charge < -0.3 is 26.0 Å². The van der Waals surface area contributed by atoms with Crippen molar-refractivity contribution in [3.8, 4) is 17.0 Å². The average molecular weight is 525 g/mol. The molecular weight excluding hydrogens is 494 g/mol. The van der Waals surface area contributed by atoms with E-state index in [1.807, 2.05) is 13.0 Å². The molecule has 38 heavy (non-hydrogen) atoms. The minimum absolute atomic E-state index is 0.000957. The molecule has 3 heterocycles. The molecule has 0 spiro atoms. The van der Waals surface area contributed by atoms with Crippen molar-refractivity contribution < 1.29 is 23.7 Å². The lowest BCUT2D eigenvalue weighted by molar-refractivity contribution is -0.0463. The Balaban J connectivity index is 1.47. The molecule has 1 aromatic carbocycles. The fourth-order valence-corrected chi connectivity index (χ4v) is 5.06. The van der Waals surface area contributed by atoms with Crippen LogP contribution in [0.25, 0.3) is 16.8 Å². The predicted molar refractivity (Wildman–Crippen MR) is 138 cm³/mol. The van der Waals surface area contributed by atoms with E-state index < -0.39 is 17.2 Å². The largest absolute Gasteiger partial charge is 0.491 e. The number of fused-ring (bicyclic) bond motifs is 1. The van der Waals surface area contributed by atoms with Crippen molar-refractivity contribution in [2.45, 2.75) is 44.2 Å². The number of nitrogens with zero attached hydrogens (tertiary/aromatic N) is 4. The second-order valence-electron chi connectivity index (χ2n) is 9.96. The molecule has 0 aliphatic heterocycles. The lowest BCUT2D eigenvalue weighted by Crippen LogP contribution is -2.54. The first-order chi connectivity index (χ1) is 18.2. The van der Waals surface area contributed by atoms with Gasteiger partial charge in [0.15, 0.2) is 0 Å². The van der Waals surface area contributed by atoms with Crippen LogP contribution in [-0.2, 0) is 0 Å². The van der Waals surface area contributed by atoms with Gasteiger partial charge in [-0.1, -0.05) is 6.92 Å². The first kappa shape index (κ1) is 26.0. The Morgan fingerprint density at radius 2 is 1.95 bits per heavy atom. The quantitative estimate of drug-likeness (QED) is 0.287. The van der Waals surface area contributed by atoms with Gasteiger partial charge in [-0.2, -0.15) is 9.61 Å². The van der Waals surface area contributed by atoms with Gasteiger partial charge in [0.05, 0.1) is 47.1 Å². The van der Waals surface area contributed by atoms with Crippen LogP contribution in [0.1, 0.15) is 38.2 Å². The van der Waals surface area contributed by atoms with E-state index in [0.29, 0.717) is 23.6 Å². The summed E-state index contributed by atoms with van der Waals surface area (Å²) in [4.78, 5) is 8.68. The number of aliphatic hydroxyl groups excluding tert-OH is 1. The molecule has 0 bridgehead atoms. The molecule has 1 fully saturated rings. The number of benzene rings is 1. The van der Waals surface area contributed by atoms with Gasteiger partial charge >= 0.3 is 0 Å². The van der Waals surface area contributed by atoms with Gasteiger partial charge in [0.25, 0.3) is 0 Å². The van der Waals surface area contributed by atoms with E-state index >= 15 is 0 Å². The van der Waals surface area contributed by atoms with Gasteiger partial charge in [-0.25, -0.2) is 13.8 Å². The van der Waals surface area contributed by atoms with Crippen molar-refractivity contribution in [2.75, 3.05) is 18.5 Å². The van der Waals surface area contributed by atoms with Gasteiger partial charge in [-0.15, -0.1) is 0 Å². The van der Waals surface area contributed by atoms with Crippen molar-refractivity contribution in [1.82, 2.24) is 19.6 Å². The van der Waals surface area contributed by atoms with Crippen LogP contribution >= 0.6 is 0 Å². The molecule has 5 N–H and O–H groups in total. The zero-order valence-electron chi connectivity index (χ0n) is 21.1. The molecule has 3 aromatic heterocycles. The molecule has 0 amide bonds. The molecule has 4 atom stereocenters. The number of pyridine rings is 1. The number of ether oxygens (including phenoxy) is 1. The maximum atomic E-state index is 14.9. The SMILES string of the molecule is CC1CC(c2ccncc2Nc2ncc3ccc(-c4c(F)cc(OCCO)cc4F)nn23)CC(N)C1(C)O. The molecule has 1 saturated carbocycles. The van der Waals surface area contributed by atoms with Crippen LogP contribution in [0.5, 0.6) is 5.75 Å². The Morgan fingerprint density at radius 1 is 1.18 bits per heavy atom. The zero-order chi connectivity index (χ0) is 27.0. The Morgan fingerprint density at radius 3 is 2.66 bits per heavy atom. The Bertz CT molecular complexity index is 1420. The number of nitrogens with one attached hydrogen (secondary N) is 1. The molecule has 1 aliphatic rings. The predicted octanol–water partition coefficient (Wildman–Crippen LogP) is 3.78. The third kappa shape index (κ3) is 4.80.